The second-order valence-electron chi connectivity index (χ2n) is 9.69. The van der Waals surface area contributed by atoms with E-state index in [1.54, 1.807) is 0 Å². The van der Waals surface area contributed by atoms with Crippen molar-refractivity contribution in [1.29, 1.82) is 0 Å². The summed E-state index contributed by atoms with van der Waals surface area (Å²) >= 11 is 0. The Morgan fingerprint density at radius 1 is 0.119 bits per heavy atom. The highest BCUT2D eigenvalue weighted by Gasteiger charge is 3.27. The van der Waals surface area contributed by atoms with Gasteiger partial charge in [0.2, 0.25) is 5.67 Å². The third-order valence-corrected chi connectivity index (χ3v) is 8.20. The van der Waals surface area contributed by atoms with Crippen molar-refractivity contribution in [1.82, 2.24) is 0 Å². The predicted molar refractivity (Wildman–Crippen MR) is 72.5 cm³/mol. The van der Waals surface area contributed by atoms with Gasteiger partial charge in [-0.2, -0.15) is 87.8 Å². The largest absolute Gasteiger partial charge is 0.381 e. The zero-order valence-electron chi connectivity index (χ0n) is 17.8. The molecule has 0 heterocycles. The maximum absolute atomic E-state index is 15.9. The van der Waals surface area contributed by atoms with Crippen LogP contribution in [0.3, 0.4) is 0 Å². The molecule has 4 atom stereocenters. The third kappa shape index (κ3) is 1.84. The molecule has 4 rings (SSSR count). The quantitative estimate of drug-likeness (QED) is 0.230. The molecule has 0 nitrogen and oxygen atoms in total. The first-order valence-electron chi connectivity index (χ1n) is 9.66. The van der Waals surface area contributed by atoms with Crippen molar-refractivity contribution in [2.75, 3.05) is 0 Å². The van der Waals surface area contributed by atoms with Gasteiger partial charge >= 0.3 is 59.2 Å². The van der Waals surface area contributed by atoms with E-state index in [-0.39, 0.29) is 0 Å². The Kier molecular flexibility index (Phi) is 5.07. The van der Waals surface area contributed by atoms with Crippen LogP contribution in [0, 0.1) is 0 Å². The first-order valence-corrected chi connectivity index (χ1v) is 9.66. The summed E-state index contributed by atoms with van der Waals surface area (Å²) in [5.74, 6) is -92.8. The zero-order chi connectivity index (χ0) is 34.0. The van der Waals surface area contributed by atoms with E-state index in [2.05, 4.69) is 0 Å². The molecule has 4 saturated carbocycles. The summed E-state index contributed by atoms with van der Waals surface area (Å²) in [6.45, 7) is 0. The lowest BCUT2D eigenvalue weighted by molar-refractivity contribution is -0.530. The lowest BCUT2D eigenvalue weighted by atomic mass is 9.49. The smallest absolute Gasteiger partial charge is 0.232 e. The van der Waals surface area contributed by atoms with Crippen molar-refractivity contribution < 1.29 is 114 Å². The Labute approximate surface area is 208 Å². The van der Waals surface area contributed by atoms with E-state index < -0.39 is 93.2 Å². The van der Waals surface area contributed by atoms with Crippen LogP contribution in [0.15, 0.2) is 0 Å². The molecule has 246 valence electrons. The minimum atomic E-state index is -9.84. The predicted octanol–water partition coefficient (Wildman–Crippen LogP) is 7.64. The Hall–Kier alpha value is -1.82. The highest BCUT2D eigenvalue weighted by Crippen LogP contribution is 2.92. The van der Waals surface area contributed by atoms with Gasteiger partial charge in [-0.1, -0.05) is 0 Å². The van der Waals surface area contributed by atoms with E-state index >= 15 is 26.3 Å². The van der Waals surface area contributed by atoms with Crippen molar-refractivity contribution in [2.24, 2.45) is 0 Å². The first kappa shape index (κ1) is 33.1. The fourth-order valence-corrected chi connectivity index (χ4v) is 6.11. The van der Waals surface area contributed by atoms with Crippen LogP contribution in [-0.4, -0.2) is 93.2 Å². The van der Waals surface area contributed by atoms with Crippen molar-refractivity contribution >= 4 is 0 Å². The van der Waals surface area contributed by atoms with Gasteiger partial charge in [0, 0.05) is 0 Å². The molecule has 4 fully saturated rings. The molecule has 0 aromatic heterocycles. The molecule has 0 N–H and O–H groups in total. The summed E-state index contributed by atoms with van der Waals surface area (Å²) in [6.07, 6.45) is 0. The third-order valence-electron chi connectivity index (χ3n) is 8.20. The van der Waals surface area contributed by atoms with Gasteiger partial charge < -0.3 is 0 Å². The van der Waals surface area contributed by atoms with E-state index in [9.17, 15) is 87.8 Å². The van der Waals surface area contributed by atoms with Crippen molar-refractivity contribution in [3.63, 3.8) is 0 Å². The van der Waals surface area contributed by atoms with E-state index in [1.807, 2.05) is 0 Å². The molecular formula is C16F26. The molecule has 0 aliphatic heterocycles. The minimum Gasteiger partial charge on any atom is -0.232 e. The summed E-state index contributed by atoms with van der Waals surface area (Å²) < 4.78 is 380. The van der Waals surface area contributed by atoms with Crippen LogP contribution in [0.5, 0.6) is 0 Å². The zero-order valence-corrected chi connectivity index (χ0v) is 17.8. The highest BCUT2D eigenvalue weighted by atomic mass is 19.4. The fraction of sp³-hybridized carbons (Fsp3) is 1.00. The molecule has 0 aromatic carbocycles. The topological polar surface area (TPSA) is 0 Å². The van der Waals surface area contributed by atoms with Crippen LogP contribution in [0.25, 0.3) is 0 Å². The summed E-state index contributed by atoms with van der Waals surface area (Å²) in [7, 11) is 0. The molecule has 0 aromatic rings. The van der Waals surface area contributed by atoms with Crippen LogP contribution < -0.4 is 0 Å². The number of fused-ring (bicyclic) bond motifs is 3. The molecule has 26 heteroatoms. The summed E-state index contributed by atoms with van der Waals surface area (Å²) in [5.41, 5.74) is -58.8. The van der Waals surface area contributed by atoms with Crippen molar-refractivity contribution in [2.45, 2.75) is 93.2 Å². The second kappa shape index (κ2) is 6.44. The van der Waals surface area contributed by atoms with Crippen molar-refractivity contribution in [3.05, 3.63) is 0 Å². The molecule has 4 aliphatic rings. The van der Waals surface area contributed by atoms with Crippen LogP contribution in [0.2, 0.25) is 0 Å². The molecule has 0 radical (unpaired) electrons. The number of rotatable bonds is 0. The summed E-state index contributed by atoms with van der Waals surface area (Å²) in [6, 6.07) is 0. The fourth-order valence-electron chi connectivity index (χ4n) is 6.11. The summed E-state index contributed by atoms with van der Waals surface area (Å²) in [5, 5.41) is 0. The van der Waals surface area contributed by atoms with E-state index in [0.29, 0.717) is 0 Å². The molecule has 42 heavy (non-hydrogen) atoms. The number of hydrogen-bond donors (Lipinski definition) is 0. The molecule has 4 aliphatic carbocycles. The number of halogens is 26. The van der Waals surface area contributed by atoms with Gasteiger partial charge in [0.25, 0.3) is 28.3 Å². The highest BCUT2D eigenvalue weighted by molar-refractivity contribution is 5.61. The molecular weight excluding hydrogens is 686 g/mol. The number of hydrogen-bond acceptors (Lipinski definition) is 0. The SMILES string of the molecule is FC1(F)C(F)(F)C(F)(F)C2(F)C(F)(C1(F)F)C1(F)C(F)(F)C(F)(F)C(F)(F)C3(F)C(F)(F)C(F)(F)C(F)(F)C2(F)C31F. The van der Waals surface area contributed by atoms with E-state index in [0.717, 1.165) is 0 Å². The molecule has 0 amide bonds. The standard InChI is InChI=1S/C16F26/c17-1-2(18)4(20)5(21,10(29,30)16(41,42)15(39,40)9(4,27)28)3(1,19)8(25,26)14(37,38)12(33,34)6(1,22)11(31,32)13(35,36)7(2,23)24. The Bertz CT molecular complexity index is 1170. The van der Waals surface area contributed by atoms with Gasteiger partial charge in [0.1, 0.15) is 0 Å². The van der Waals surface area contributed by atoms with Gasteiger partial charge in [-0.15, -0.1) is 0 Å². The lowest BCUT2D eigenvalue weighted by Crippen LogP contribution is -2.99. The lowest BCUT2D eigenvalue weighted by Gasteiger charge is -2.64. The Morgan fingerprint density at radius 3 is 0.429 bits per heavy atom. The Balaban J connectivity index is 2.56. The maximum atomic E-state index is 15.9. The van der Waals surface area contributed by atoms with Crippen LogP contribution in [0.4, 0.5) is 114 Å². The van der Waals surface area contributed by atoms with E-state index in [1.165, 1.54) is 0 Å². The monoisotopic (exact) mass is 686 g/mol. The maximum Gasteiger partial charge on any atom is 0.381 e. The van der Waals surface area contributed by atoms with Gasteiger partial charge in [-0.05, 0) is 0 Å². The van der Waals surface area contributed by atoms with Gasteiger partial charge in [-0.25, -0.2) is 26.3 Å². The first-order chi connectivity index (χ1) is 17.8. The normalized spacial score (nSPS) is 52.1. The molecule has 0 saturated heterocycles. The summed E-state index contributed by atoms with van der Waals surface area (Å²) in [4.78, 5) is 0. The van der Waals surface area contributed by atoms with Gasteiger partial charge in [0.15, 0.2) is 0 Å². The van der Waals surface area contributed by atoms with Crippen LogP contribution >= 0.6 is 0 Å². The van der Waals surface area contributed by atoms with Gasteiger partial charge in [-0.3, -0.25) is 0 Å². The van der Waals surface area contributed by atoms with Crippen LogP contribution in [0.1, 0.15) is 0 Å². The minimum absolute atomic E-state index is 9.00. The molecule has 0 spiro atoms. The molecule has 4 unspecified atom stereocenters. The van der Waals surface area contributed by atoms with Gasteiger partial charge in [0.05, 0.1) is 0 Å². The Morgan fingerprint density at radius 2 is 0.238 bits per heavy atom. The molecule has 0 bridgehead atoms. The number of alkyl halides is 26. The van der Waals surface area contributed by atoms with E-state index in [4.69, 9.17) is 0 Å². The van der Waals surface area contributed by atoms with Crippen LogP contribution in [-0.2, 0) is 0 Å². The average Bonchev–Trinajstić information content (AvgIpc) is 2.91. The van der Waals surface area contributed by atoms with Crippen molar-refractivity contribution in [3.8, 4) is 0 Å². The average molecular weight is 686 g/mol. The second-order valence-corrected chi connectivity index (χ2v) is 9.69.